The van der Waals surface area contributed by atoms with Gasteiger partial charge in [0.05, 0.1) is 11.2 Å². The number of rotatable bonds is 4. The Bertz CT molecular complexity index is 830. The van der Waals surface area contributed by atoms with E-state index < -0.39 is 0 Å². The first-order chi connectivity index (χ1) is 11.8. The molecule has 4 heteroatoms. The standard InChI is InChI=1S/C21H23ClN2O/c1-14(18-10-9-17(22)12-23-18)11-20-24-13-19(25-20)15-5-7-16(8-6-15)21(2,3)4/h5-10,12-14H,11H2,1-4H3. The van der Waals surface area contributed by atoms with Crippen LogP contribution < -0.4 is 0 Å². The summed E-state index contributed by atoms with van der Waals surface area (Å²) < 4.78 is 5.95. The monoisotopic (exact) mass is 354 g/mol. The Morgan fingerprint density at radius 3 is 2.32 bits per heavy atom. The van der Waals surface area contributed by atoms with Gasteiger partial charge in [-0.3, -0.25) is 4.98 Å². The van der Waals surface area contributed by atoms with E-state index in [9.17, 15) is 0 Å². The number of hydrogen-bond acceptors (Lipinski definition) is 3. The van der Waals surface area contributed by atoms with Crippen LogP contribution in [0.5, 0.6) is 0 Å². The summed E-state index contributed by atoms with van der Waals surface area (Å²) in [4.78, 5) is 8.80. The van der Waals surface area contributed by atoms with Gasteiger partial charge in [-0.05, 0) is 23.1 Å². The Kier molecular flexibility index (Phi) is 4.96. The van der Waals surface area contributed by atoms with Crippen LogP contribution in [0.2, 0.25) is 5.02 Å². The Balaban J connectivity index is 1.73. The lowest BCUT2D eigenvalue weighted by Crippen LogP contribution is -2.10. The summed E-state index contributed by atoms with van der Waals surface area (Å²) in [6.45, 7) is 8.74. The Morgan fingerprint density at radius 2 is 1.72 bits per heavy atom. The highest BCUT2D eigenvalue weighted by Crippen LogP contribution is 2.27. The third-order valence-corrected chi connectivity index (χ3v) is 4.55. The van der Waals surface area contributed by atoms with Crippen LogP contribution >= 0.6 is 11.6 Å². The third kappa shape index (κ3) is 4.29. The molecule has 0 aliphatic carbocycles. The smallest absolute Gasteiger partial charge is 0.195 e. The highest BCUT2D eigenvalue weighted by Gasteiger charge is 2.15. The van der Waals surface area contributed by atoms with E-state index in [0.29, 0.717) is 11.4 Å². The Morgan fingerprint density at radius 1 is 1.00 bits per heavy atom. The summed E-state index contributed by atoms with van der Waals surface area (Å²) in [6, 6.07) is 12.3. The highest BCUT2D eigenvalue weighted by atomic mass is 35.5. The fraction of sp³-hybridized carbons (Fsp3) is 0.333. The molecule has 0 N–H and O–H groups in total. The second-order valence-electron chi connectivity index (χ2n) is 7.45. The first-order valence-electron chi connectivity index (χ1n) is 8.50. The number of oxazole rings is 1. The highest BCUT2D eigenvalue weighted by molar-refractivity contribution is 6.30. The maximum Gasteiger partial charge on any atom is 0.195 e. The van der Waals surface area contributed by atoms with Crippen molar-refractivity contribution in [2.75, 3.05) is 0 Å². The molecule has 3 nitrogen and oxygen atoms in total. The average molecular weight is 355 g/mol. The van der Waals surface area contributed by atoms with Gasteiger partial charge in [-0.15, -0.1) is 0 Å². The van der Waals surface area contributed by atoms with Crippen LogP contribution in [-0.4, -0.2) is 9.97 Å². The summed E-state index contributed by atoms with van der Waals surface area (Å²) in [7, 11) is 0. The average Bonchev–Trinajstić information content (AvgIpc) is 3.03. The minimum Gasteiger partial charge on any atom is -0.441 e. The van der Waals surface area contributed by atoms with Crippen LogP contribution in [0.4, 0.5) is 0 Å². The second-order valence-corrected chi connectivity index (χ2v) is 7.89. The molecule has 130 valence electrons. The van der Waals surface area contributed by atoms with Gasteiger partial charge in [0.2, 0.25) is 0 Å². The van der Waals surface area contributed by atoms with Crippen molar-refractivity contribution in [3.05, 3.63) is 71.0 Å². The van der Waals surface area contributed by atoms with Crippen molar-refractivity contribution in [1.82, 2.24) is 9.97 Å². The zero-order valence-corrected chi connectivity index (χ0v) is 15.8. The van der Waals surface area contributed by atoms with Crippen molar-refractivity contribution in [2.45, 2.75) is 45.4 Å². The van der Waals surface area contributed by atoms with Gasteiger partial charge in [-0.25, -0.2) is 4.98 Å². The lowest BCUT2D eigenvalue weighted by atomic mass is 9.86. The predicted molar refractivity (Wildman–Crippen MR) is 102 cm³/mol. The minimum absolute atomic E-state index is 0.145. The number of pyridine rings is 1. The van der Waals surface area contributed by atoms with Crippen LogP contribution in [0.15, 0.2) is 53.2 Å². The van der Waals surface area contributed by atoms with Crippen LogP contribution in [0.25, 0.3) is 11.3 Å². The molecule has 3 aromatic rings. The summed E-state index contributed by atoms with van der Waals surface area (Å²) in [5.41, 5.74) is 3.48. The van der Waals surface area contributed by atoms with E-state index in [2.05, 4.69) is 61.9 Å². The van der Waals surface area contributed by atoms with Gasteiger partial charge in [-0.1, -0.05) is 63.6 Å². The molecule has 0 saturated carbocycles. The van der Waals surface area contributed by atoms with E-state index in [0.717, 1.165) is 22.9 Å². The maximum absolute atomic E-state index is 5.95. The molecule has 0 bridgehead atoms. The molecule has 1 aromatic carbocycles. The van der Waals surface area contributed by atoms with Crippen molar-refractivity contribution in [3.8, 4) is 11.3 Å². The number of hydrogen-bond donors (Lipinski definition) is 0. The summed E-state index contributed by atoms with van der Waals surface area (Å²) >= 11 is 5.89. The van der Waals surface area contributed by atoms with E-state index in [1.54, 1.807) is 12.4 Å². The Hall–Kier alpha value is -2.13. The van der Waals surface area contributed by atoms with E-state index >= 15 is 0 Å². The molecule has 0 radical (unpaired) electrons. The van der Waals surface area contributed by atoms with Crippen molar-refractivity contribution >= 4 is 11.6 Å². The van der Waals surface area contributed by atoms with E-state index in [1.165, 1.54) is 5.56 Å². The molecule has 0 spiro atoms. The Labute approximate surface area is 154 Å². The summed E-state index contributed by atoms with van der Waals surface area (Å²) in [6.07, 6.45) is 4.17. The molecule has 0 fully saturated rings. The zero-order chi connectivity index (χ0) is 18.0. The number of nitrogens with zero attached hydrogens (tertiary/aromatic N) is 2. The quantitative estimate of drug-likeness (QED) is 0.573. The van der Waals surface area contributed by atoms with Gasteiger partial charge in [0.15, 0.2) is 11.7 Å². The van der Waals surface area contributed by atoms with Gasteiger partial charge in [0.25, 0.3) is 0 Å². The van der Waals surface area contributed by atoms with Gasteiger partial charge in [0, 0.05) is 29.8 Å². The molecular formula is C21H23ClN2O. The SMILES string of the molecule is CC(Cc1ncc(-c2ccc(C(C)(C)C)cc2)o1)c1ccc(Cl)cn1. The van der Waals surface area contributed by atoms with Crippen LogP contribution in [0, 0.1) is 0 Å². The molecule has 25 heavy (non-hydrogen) atoms. The van der Waals surface area contributed by atoms with Gasteiger partial charge in [0.1, 0.15) is 0 Å². The fourth-order valence-corrected chi connectivity index (χ4v) is 2.83. The summed E-state index contributed by atoms with van der Waals surface area (Å²) in [5.74, 6) is 1.73. The topological polar surface area (TPSA) is 38.9 Å². The number of benzene rings is 1. The largest absolute Gasteiger partial charge is 0.441 e. The lowest BCUT2D eigenvalue weighted by molar-refractivity contribution is 0.486. The summed E-state index contributed by atoms with van der Waals surface area (Å²) in [5, 5.41) is 0.646. The van der Waals surface area contributed by atoms with Crippen LogP contribution in [0.1, 0.15) is 50.8 Å². The second kappa shape index (κ2) is 7.01. The minimum atomic E-state index is 0.145. The zero-order valence-electron chi connectivity index (χ0n) is 15.1. The molecule has 1 unspecified atom stereocenters. The molecule has 0 aliphatic heterocycles. The molecular weight excluding hydrogens is 332 g/mol. The maximum atomic E-state index is 5.95. The lowest BCUT2D eigenvalue weighted by Gasteiger charge is -2.18. The van der Waals surface area contributed by atoms with E-state index in [4.69, 9.17) is 16.0 Å². The molecule has 0 amide bonds. The first kappa shape index (κ1) is 17.7. The molecule has 0 aliphatic rings. The first-order valence-corrected chi connectivity index (χ1v) is 8.88. The predicted octanol–water partition coefficient (Wildman–Crippen LogP) is 6.03. The number of aromatic nitrogens is 2. The van der Waals surface area contributed by atoms with Crippen LogP contribution in [-0.2, 0) is 11.8 Å². The van der Waals surface area contributed by atoms with Crippen LogP contribution in [0.3, 0.4) is 0 Å². The third-order valence-electron chi connectivity index (χ3n) is 4.32. The van der Waals surface area contributed by atoms with E-state index in [1.807, 2.05) is 12.1 Å². The van der Waals surface area contributed by atoms with Crippen molar-refractivity contribution in [2.24, 2.45) is 0 Å². The molecule has 3 rings (SSSR count). The van der Waals surface area contributed by atoms with Gasteiger partial charge in [-0.2, -0.15) is 0 Å². The van der Waals surface area contributed by atoms with Crippen molar-refractivity contribution in [1.29, 1.82) is 0 Å². The number of halogens is 1. The van der Waals surface area contributed by atoms with Gasteiger partial charge < -0.3 is 4.42 Å². The molecule has 2 aromatic heterocycles. The molecule has 0 saturated heterocycles. The van der Waals surface area contributed by atoms with Crippen molar-refractivity contribution in [3.63, 3.8) is 0 Å². The molecule has 2 heterocycles. The van der Waals surface area contributed by atoms with E-state index in [-0.39, 0.29) is 11.3 Å². The fourth-order valence-electron chi connectivity index (χ4n) is 2.72. The van der Waals surface area contributed by atoms with Crippen molar-refractivity contribution < 1.29 is 4.42 Å². The normalized spacial score (nSPS) is 13.0. The molecule has 1 atom stereocenters. The van der Waals surface area contributed by atoms with Gasteiger partial charge >= 0.3 is 0 Å².